The molecule has 86 valence electrons. The number of aromatic nitrogens is 2. The fourth-order valence-corrected chi connectivity index (χ4v) is 0.914. The van der Waals surface area contributed by atoms with E-state index in [-0.39, 0.29) is 12.4 Å². The predicted octanol–water partition coefficient (Wildman–Crippen LogP) is -2.01. The standard InChI is InChI=1S/C8H11N5O3/c1-5(14)11-12-7(15)4-13-3-2-6(9)10-8(13)16/h2-3H,4H2,1H3,(H,11,14)(H,12,15)(H2,9,10,16). The summed E-state index contributed by atoms with van der Waals surface area (Å²) in [5, 5.41) is 0. The number of amides is 2. The van der Waals surface area contributed by atoms with Gasteiger partial charge in [0.2, 0.25) is 5.91 Å². The van der Waals surface area contributed by atoms with Gasteiger partial charge in [0.1, 0.15) is 12.4 Å². The molecule has 1 heterocycles. The number of carbonyl (C=O) groups is 2. The summed E-state index contributed by atoms with van der Waals surface area (Å²) in [7, 11) is 0. The van der Waals surface area contributed by atoms with Crippen LogP contribution in [0.25, 0.3) is 0 Å². The van der Waals surface area contributed by atoms with Gasteiger partial charge in [0.25, 0.3) is 5.91 Å². The summed E-state index contributed by atoms with van der Waals surface area (Å²) >= 11 is 0. The molecule has 0 aromatic carbocycles. The molecule has 0 unspecified atom stereocenters. The molecule has 1 aromatic heterocycles. The quantitative estimate of drug-likeness (QED) is 0.502. The fraction of sp³-hybridized carbons (Fsp3) is 0.250. The molecular formula is C8H11N5O3. The van der Waals surface area contributed by atoms with Crippen LogP contribution in [0.1, 0.15) is 6.92 Å². The lowest BCUT2D eigenvalue weighted by molar-refractivity contribution is -0.128. The van der Waals surface area contributed by atoms with Crippen LogP contribution in [-0.2, 0) is 16.1 Å². The molecule has 0 saturated carbocycles. The lowest BCUT2D eigenvalue weighted by atomic mass is 10.5. The minimum atomic E-state index is -0.627. The van der Waals surface area contributed by atoms with Crippen molar-refractivity contribution in [1.82, 2.24) is 20.4 Å². The lowest BCUT2D eigenvalue weighted by Gasteiger charge is -2.06. The first kappa shape index (κ1) is 11.7. The maximum atomic E-state index is 11.2. The largest absolute Gasteiger partial charge is 0.383 e. The normalized spacial score (nSPS) is 9.56. The van der Waals surface area contributed by atoms with Crippen molar-refractivity contribution in [3.8, 4) is 0 Å². The molecule has 0 aliphatic rings. The number of nitrogens with two attached hydrogens (primary N) is 1. The molecule has 0 radical (unpaired) electrons. The van der Waals surface area contributed by atoms with Crippen molar-refractivity contribution < 1.29 is 9.59 Å². The van der Waals surface area contributed by atoms with E-state index in [4.69, 9.17) is 5.73 Å². The van der Waals surface area contributed by atoms with E-state index in [1.807, 2.05) is 0 Å². The van der Waals surface area contributed by atoms with E-state index >= 15 is 0 Å². The second kappa shape index (κ2) is 4.91. The summed E-state index contributed by atoms with van der Waals surface area (Å²) in [6.45, 7) is 1.00. The Morgan fingerprint density at radius 3 is 2.75 bits per heavy atom. The molecule has 1 rings (SSSR count). The van der Waals surface area contributed by atoms with Crippen LogP contribution in [0.4, 0.5) is 5.82 Å². The summed E-state index contributed by atoms with van der Waals surface area (Å²) in [6, 6.07) is 1.40. The van der Waals surface area contributed by atoms with Crippen molar-refractivity contribution in [1.29, 1.82) is 0 Å². The van der Waals surface area contributed by atoms with Gasteiger partial charge in [0.15, 0.2) is 0 Å². The van der Waals surface area contributed by atoms with E-state index in [0.29, 0.717) is 0 Å². The molecule has 0 aliphatic heterocycles. The Morgan fingerprint density at radius 1 is 1.50 bits per heavy atom. The summed E-state index contributed by atoms with van der Waals surface area (Å²) in [6.07, 6.45) is 1.35. The van der Waals surface area contributed by atoms with E-state index in [0.717, 1.165) is 4.57 Å². The first-order chi connectivity index (χ1) is 7.49. The Morgan fingerprint density at radius 2 is 2.19 bits per heavy atom. The maximum Gasteiger partial charge on any atom is 0.349 e. The number of carbonyl (C=O) groups excluding carboxylic acids is 2. The SMILES string of the molecule is CC(=O)NNC(=O)Cn1ccc(N)nc1=O. The van der Waals surface area contributed by atoms with Gasteiger partial charge in [0, 0.05) is 13.1 Å². The number of nitrogen functional groups attached to an aromatic ring is 1. The van der Waals surface area contributed by atoms with Crippen molar-refractivity contribution in [2.24, 2.45) is 0 Å². The maximum absolute atomic E-state index is 11.2. The van der Waals surface area contributed by atoms with Crippen molar-refractivity contribution in [2.45, 2.75) is 13.5 Å². The Balaban J connectivity index is 2.63. The number of anilines is 1. The number of hydrogen-bond donors (Lipinski definition) is 3. The lowest BCUT2D eigenvalue weighted by Crippen LogP contribution is -2.43. The molecule has 0 aliphatic carbocycles. The first-order valence-corrected chi connectivity index (χ1v) is 4.37. The number of nitrogens with one attached hydrogen (secondary N) is 2. The molecule has 1 aromatic rings. The Kier molecular flexibility index (Phi) is 3.59. The third-order valence-electron chi connectivity index (χ3n) is 1.59. The number of hydrazine groups is 1. The van der Waals surface area contributed by atoms with Crippen LogP contribution in [0.2, 0.25) is 0 Å². The average molecular weight is 225 g/mol. The van der Waals surface area contributed by atoms with Crippen molar-refractivity contribution in [3.63, 3.8) is 0 Å². The number of hydrogen-bond acceptors (Lipinski definition) is 5. The molecular weight excluding hydrogens is 214 g/mol. The Labute approximate surface area is 90.4 Å². The molecule has 16 heavy (non-hydrogen) atoms. The highest BCUT2D eigenvalue weighted by Crippen LogP contribution is 1.88. The minimum Gasteiger partial charge on any atom is -0.383 e. The molecule has 2 amide bonds. The molecule has 0 saturated heterocycles. The molecule has 0 atom stereocenters. The van der Waals surface area contributed by atoms with Crippen LogP contribution in [0, 0.1) is 0 Å². The highest BCUT2D eigenvalue weighted by atomic mass is 16.2. The van der Waals surface area contributed by atoms with Gasteiger partial charge in [0.05, 0.1) is 0 Å². The van der Waals surface area contributed by atoms with Gasteiger partial charge >= 0.3 is 5.69 Å². The van der Waals surface area contributed by atoms with Gasteiger partial charge < -0.3 is 5.73 Å². The van der Waals surface area contributed by atoms with E-state index < -0.39 is 17.5 Å². The van der Waals surface area contributed by atoms with Crippen molar-refractivity contribution >= 4 is 17.6 Å². The summed E-state index contributed by atoms with van der Waals surface area (Å²) < 4.78 is 1.06. The zero-order chi connectivity index (χ0) is 12.1. The number of rotatable bonds is 2. The minimum absolute atomic E-state index is 0.0866. The molecule has 0 spiro atoms. The Hall–Kier alpha value is -2.38. The van der Waals surface area contributed by atoms with Crippen LogP contribution in [0.5, 0.6) is 0 Å². The van der Waals surface area contributed by atoms with Gasteiger partial charge in [-0.15, -0.1) is 0 Å². The average Bonchev–Trinajstić information content (AvgIpc) is 2.19. The van der Waals surface area contributed by atoms with Gasteiger partial charge in [-0.2, -0.15) is 4.98 Å². The third-order valence-corrected chi connectivity index (χ3v) is 1.59. The highest BCUT2D eigenvalue weighted by Gasteiger charge is 2.05. The fourth-order valence-electron chi connectivity index (χ4n) is 0.914. The Bertz CT molecular complexity index is 467. The predicted molar refractivity (Wildman–Crippen MR) is 54.9 cm³/mol. The second-order valence-electron chi connectivity index (χ2n) is 2.99. The topological polar surface area (TPSA) is 119 Å². The van der Waals surface area contributed by atoms with Crippen LogP contribution in [0.15, 0.2) is 17.1 Å². The van der Waals surface area contributed by atoms with Crippen LogP contribution >= 0.6 is 0 Å². The summed E-state index contributed by atoms with van der Waals surface area (Å²) in [5.41, 5.74) is 8.86. The van der Waals surface area contributed by atoms with Gasteiger partial charge in [-0.05, 0) is 6.07 Å². The second-order valence-corrected chi connectivity index (χ2v) is 2.99. The van der Waals surface area contributed by atoms with Gasteiger partial charge in [-0.1, -0.05) is 0 Å². The third kappa shape index (κ3) is 3.40. The zero-order valence-corrected chi connectivity index (χ0v) is 8.56. The van der Waals surface area contributed by atoms with E-state index in [2.05, 4.69) is 15.8 Å². The first-order valence-electron chi connectivity index (χ1n) is 4.37. The molecule has 4 N–H and O–H groups in total. The molecule has 8 heteroatoms. The zero-order valence-electron chi connectivity index (χ0n) is 8.56. The van der Waals surface area contributed by atoms with E-state index in [1.165, 1.54) is 19.2 Å². The van der Waals surface area contributed by atoms with Crippen molar-refractivity contribution in [3.05, 3.63) is 22.7 Å². The molecule has 0 bridgehead atoms. The summed E-state index contributed by atoms with van der Waals surface area (Å²) in [5.74, 6) is -0.858. The van der Waals surface area contributed by atoms with E-state index in [9.17, 15) is 14.4 Å². The highest BCUT2D eigenvalue weighted by molar-refractivity contribution is 5.80. The van der Waals surface area contributed by atoms with Crippen LogP contribution < -0.4 is 22.3 Å². The smallest absolute Gasteiger partial charge is 0.349 e. The summed E-state index contributed by atoms with van der Waals surface area (Å²) in [4.78, 5) is 36.4. The van der Waals surface area contributed by atoms with E-state index in [1.54, 1.807) is 0 Å². The molecule has 8 nitrogen and oxygen atoms in total. The molecule has 0 fully saturated rings. The van der Waals surface area contributed by atoms with Crippen molar-refractivity contribution in [2.75, 3.05) is 5.73 Å². The van der Waals surface area contributed by atoms with Gasteiger partial charge in [-0.25, -0.2) is 4.79 Å². The monoisotopic (exact) mass is 225 g/mol. The van der Waals surface area contributed by atoms with Gasteiger partial charge in [-0.3, -0.25) is 25.0 Å². The number of nitrogens with zero attached hydrogens (tertiary/aromatic N) is 2. The van der Waals surface area contributed by atoms with Crippen LogP contribution in [-0.4, -0.2) is 21.4 Å². The van der Waals surface area contributed by atoms with Crippen LogP contribution in [0.3, 0.4) is 0 Å².